The maximum Gasteiger partial charge on any atom is 0.404 e. The molecule has 0 fully saturated rings. The minimum Gasteiger partial charge on any atom is -0.442 e. The largest absolute Gasteiger partial charge is 0.442 e. The normalized spacial score (nSPS) is 11.7. The van der Waals surface area contributed by atoms with Crippen LogP contribution in [-0.2, 0) is 9.53 Å². The van der Waals surface area contributed by atoms with E-state index in [4.69, 9.17) is 5.41 Å². The van der Waals surface area contributed by atoms with Crippen LogP contribution in [0.4, 0.5) is 4.79 Å². The van der Waals surface area contributed by atoms with E-state index in [0.717, 1.165) is 6.21 Å². The molecule has 1 unspecified atom stereocenters. The lowest BCUT2D eigenvalue weighted by Crippen LogP contribution is -2.23. The zero-order valence-electron chi connectivity index (χ0n) is 6.16. The standard InChI is InChI=1S/C6H10N2O3/c1-4(2-7)5(9)3-11-6(8)10/h2,4,7H,3H2,1H3,(H2,8,10). The van der Waals surface area contributed by atoms with Gasteiger partial charge in [-0.05, 0) is 0 Å². The van der Waals surface area contributed by atoms with E-state index in [0.29, 0.717) is 0 Å². The second-order valence-corrected chi connectivity index (χ2v) is 2.03. The van der Waals surface area contributed by atoms with Crippen LogP contribution in [0.2, 0.25) is 0 Å². The molecule has 0 aromatic carbocycles. The first-order valence-corrected chi connectivity index (χ1v) is 3.03. The quantitative estimate of drug-likeness (QED) is 0.561. The maximum atomic E-state index is 10.8. The first-order chi connectivity index (χ1) is 5.07. The number of nitrogens with one attached hydrogen (secondary N) is 1. The highest BCUT2D eigenvalue weighted by Gasteiger charge is 2.10. The fraction of sp³-hybridized carbons (Fsp3) is 0.500. The van der Waals surface area contributed by atoms with Crippen molar-refractivity contribution >= 4 is 18.1 Å². The topological polar surface area (TPSA) is 93.2 Å². The van der Waals surface area contributed by atoms with Crippen LogP contribution in [0.25, 0.3) is 0 Å². The summed E-state index contributed by atoms with van der Waals surface area (Å²) in [6.07, 6.45) is 0.00250. The summed E-state index contributed by atoms with van der Waals surface area (Å²) in [5.74, 6) is -0.854. The van der Waals surface area contributed by atoms with E-state index in [2.05, 4.69) is 10.5 Å². The van der Waals surface area contributed by atoms with Gasteiger partial charge in [-0.3, -0.25) is 4.79 Å². The number of carbonyl (C=O) groups is 2. The number of rotatable bonds is 4. The van der Waals surface area contributed by atoms with Crippen molar-refractivity contribution in [3.63, 3.8) is 0 Å². The highest BCUT2D eigenvalue weighted by Crippen LogP contribution is 1.92. The Morgan fingerprint density at radius 2 is 2.27 bits per heavy atom. The molecule has 3 N–H and O–H groups in total. The minimum absolute atomic E-state index is 0.334. The highest BCUT2D eigenvalue weighted by atomic mass is 16.5. The molecule has 0 bridgehead atoms. The van der Waals surface area contributed by atoms with Crippen molar-refractivity contribution in [3.05, 3.63) is 0 Å². The average Bonchev–Trinajstić information content (AvgIpc) is 1.98. The number of ether oxygens (including phenoxy) is 1. The molecule has 0 aliphatic rings. The first-order valence-electron chi connectivity index (χ1n) is 3.03. The van der Waals surface area contributed by atoms with Crippen molar-refractivity contribution in [2.75, 3.05) is 6.61 Å². The van der Waals surface area contributed by atoms with Gasteiger partial charge in [-0.15, -0.1) is 0 Å². The molecule has 0 saturated heterocycles. The zero-order valence-corrected chi connectivity index (χ0v) is 6.16. The fourth-order valence-electron chi connectivity index (χ4n) is 0.367. The van der Waals surface area contributed by atoms with Crippen LogP contribution in [0.15, 0.2) is 0 Å². The number of hydrogen-bond donors (Lipinski definition) is 2. The van der Waals surface area contributed by atoms with E-state index >= 15 is 0 Å². The number of carbonyl (C=O) groups excluding carboxylic acids is 2. The molecule has 0 aliphatic carbocycles. The maximum absolute atomic E-state index is 10.8. The lowest BCUT2D eigenvalue weighted by atomic mass is 10.1. The molecular formula is C6H10N2O3. The molecule has 0 aromatic heterocycles. The molecule has 0 radical (unpaired) electrons. The van der Waals surface area contributed by atoms with Gasteiger partial charge in [0, 0.05) is 6.21 Å². The van der Waals surface area contributed by atoms with Crippen LogP contribution >= 0.6 is 0 Å². The van der Waals surface area contributed by atoms with Gasteiger partial charge < -0.3 is 15.9 Å². The molecule has 62 valence electrons. The summed E-state index contributed by atoms with van der Waals surface area (Å²) in [5, 5.41) is 6.71. The smallest absolute Gasteiger partial charge is 0.404 e. The third kappa shape index (κ3) is 4.07. The van der Waals surface area contributed by atoms with Crippen LogP contribution in [-0.4, -0.2) is 24.7 Å². The number of amides is 1. The molecule has 1 amide bonds. The third-order valence-electron chi connectivity index (χ3n) is 1.11. The van der Waals surface area contributed by atoms with Crippen LogP contribution in [0, 0.1) is 11.3 Å². The first kappa shape index (κ1) is 9.61. The zero-order chi connectivity index (χ0) is 8.85. The summed E-state index contributed by atoms with van der Waals surface area (Å²) in [6, 6.07) is 0. The molecule has 0 heterocycles. The Labute approximate surface area is 64.0 Å². The fourth-order valence-corrected chi connectivity index (χ4v) is 0.367. The second kappa shape index (κ2) is 4.43. The molecule has 11 heavy (non-hydrogen) atoms. The molecule has 1 atom stereocenters. The molecule has 0 rings (SSSR count). The molecule has 0 spiro atoms. The third-order valence-corrected chi connectivity index (χ3v) is 1.11. The van der Waals surface area contributed by atoms with Crippen molar-refractivity contribution < 1.29 is 14.3 Å². The monoisotopic (exact) mass is 158 g/mol. The number of ketones is 1. The molecule has 5 nitrogen and oxygen atoms in total. The van der Waals surface area contributed by atoms with Gasteiger partial charge in [0.25, 0.3) is 0 Å². The lowest BCUT2D eigenvalue weighted by molar-refractivity contribution is -0.123. The van der Waals surface area contributed by atoms with Crippen LogP contribution in [0.5, 0.6) is 0 Å². The highest BCUT2D eigenvalue weighted by molar-refractivity contribution is 5.94. The lowest BCUT2D eigenvalue weighted by Gasteiger charge is -2.02. The van der Waals surface area contributed by atoms with E-state index in [1.807, 2.05) is 0 Å². The van der Waals surface area contributed by atoms with Gasteiger partial charge >= 0.3 is 6.09 Å². The van der Waals surface area contributed by atoms with Gasteiger partial charge in [0.15, 0.2) is 12.4 Å². The number of hydrogen-bond acceptors (Lipinski definition) is 4. The molecule has 0 aromatic rings. The Bertz CT molecular complexity index is 179. The second-order valence-electron chi connectivity index (χ2n) is 2.03. The Morgan fingerprint density at radius 3 is 2.64 bits per heavy atom. The Hall–Kier alpha value is -1.39. The van der Waals surface area contributed by atoms with Crippen molar-refractivity contribution in [2.24, 2.45) is 11.7 Å². The SMILES string of the molecule is CC(C=N)C(=O)COC(N)=O. The molecule has 5 heteroatoms. The average molecular weight is 158 g/mol. The van der Waals surface area contributed by atoms with Crippen molar-refractivity contribution in [1.29, 1.82) is 5.41 Å². The van der Waals surface area contributed by atoms with Crippen molar-refractivity contribution in [1.82, 2.24) is 0 Å². The predicted octanol–water partition coefficient (Wildman–Crippen LogP) is -0.0635. The summed E-state index contributed by atoms with van der Waals surface area (Å²) >= 11 is 0. The van der Waals surface area contributed by atoms with Gasteiger partial charge in [0.1, 0.15) is 0 Å². The Balaban J connectivity index is 3.69. The van der Waals surface area contributed by atoms with E-state index in [1.54, 1.807) is 6.92 Å². The van der Waals surface area contributed by atoms with Crippen LogP contribution < -0.4 is 5.73 Å². The number of primary amides is 1. The van der Waals surface area contributed by atoms with E-state index < -0.39 is 12.0 Å². The molecule has 0 saturated carbocycles. The predicted molar refractivity (Wildman–Crippen MR) is 38.5 cm³/mol. The van der Waals surface area contributed by atoms with Crippen LogP contribution in [0.3, 0.4) is 0 Å². The van der Waals surface area contributed by atoms with Gasteiger partial charge in [-0.2, -0.15) is 0 Å². The van der Waals surface area contributed by atoms with Gasteiger partial charge in [-0.25, -0.2) is 4.79 Å². The van der Waals surface area contributed by atoms with Crippen LogP contribution in [0.1, 0.15) is 6.92 Å². The van der Waals surface area contributed by atoms with E-state index in [1.165, 1.54) is 0 Å². The van der Waals surface area contributed by atoms with E-state index in [9.17, 15) is 9.59 Å². The summed E-state index contributed by atoms with van der Waals surface area (Å²) in [6.45, 7) is 1.19. The summed E-state index contributed by atoms with van der Waals surface area (Å²) in [7, 11) is 0. The number of Topliss-reactive ketones (excluding diaryl/α,β-unsaturated/α-hetero) is 1. The Kier molecular flexibility index (Phi) is 3.87. The molecule has 0 aliphatic heterocycles. The van der Waals surface area contributed by atoms with Gasteiger partial charge in [0.2, 0.25) is 0 Å². The van der Waals surface area contributed by atoms with Crippen molar-refractivity contribution in [3.8, 4) is 0 Å². The molecular weight excluding hydrogens is 148 g/mol. The van der Waals surface area contributed by atoms with Gasteiger partial charge in [0.05, 0.1) is 5.92 Å². The number of nitrogens with two attached hydrogens (primary N) is 1. The van der Waals surface area contributed by atoms with E-state index in [-0.39, 0.29) is 12.4 Å². The van der Waals surface area contributed by atoms with Crippen molar-refractivity contribution in [2.45, 2.75) is 6.92 Å². The summed E-state index contributed by atoms with van der Waals surface area (Å²) < 4.78 is 4.21. The Morgan fingerprint density at radius 1 is 1.73 bits per heavy atom. The minimum atomic E-state index is -0.976. The van der Waals surface area contributed by atoms with Gasteiger partial charge in [-0.1, -0.05) is 6.92 Å². The summed E-state index contributed by atoms with van der Waals surface area (Å²) in [4.78, 5) is 20.8. The summed E-state index contributed by atoms with van der Waals surface area (Å²) in [5.41, 5.74) is 4.61.